The first-order valence-corrected chi connectivity index (χ1v) is 8.37. The van der Waals surface area contributed by atoms with Gasteiger partial charge in [0.1, 0.15) is 5.75 Å². The summed E-state index contributed by atoms with van der Waals surface area (Å²) in [6, 6.07) is 20.3. The Morgan fingerprint density at radius 2 is 1.25 bits per heavy atom. The van der Waals surface area contributed by atoms with Gasteiger partial charge in [0.05, 0.1) is 0 Å². The standard InChI is InChI=1S/C20H13IO3/c21-18-11-10-16(22)12-17(18)20(24)15-8-6-14(7-9-15)19(23)13-4-2-1-3-5-13/h1-12,22H. The van der Waals surface area contributed by atoms with Crippen LogP contribution in [0.1, 0.15) is 31.8 Å². The Bertz CT molecular complexity index is 900. The summed E-state index contributed by atoms with van der Waals surface area (Å²) in [5, 5.41) is 9.58. The molecule has 118 valence electrons. The molecule has 4 heteroatoms. The second-order valence-corrected chi connectivity index (χ2v) is 6.43. The number of phenolic OH excluding ortho intramolecular Hbond substituents is 1. The molecule has 0 aromatic heterocycles. The van der Waals surface area contributed by atoms with E-state index in [1.54, 1.807) is 48.5 Å². The van der Waals surface area contributed by atoms with Crippen LogP contribution in [0.3, 0.4) is 0 Å². The van der Waals surface area contributed by atoms with Gasteiger partial charge in [-0.05, 0) is 40.8 Å². The van der Waals surface area contributed by atoms with Gasteiger partial charge in [-0.15, -0.1) is 0 Å². The quantitative estimate of drug-likeness (QED) is 0.493. The highest BCUT2D eigenvalue weighted by molar-refractivity contribution is 14.1. The van der Waals surface area contributed by atoms with Crippen molar-refractivity contribution < 1.29 is 14.7 Å². The van der Waals surface area contributed by atoms with Gasteiger partial charge in [-0.2, -0.15) is 0 Å². The van der Waals surface area contributed by atoms with Gasteiger partial charge in [-0.3, -0.25) is 9.59 Å². The van der Waals surface area contributed by atoms with E-state index in [9.17, 15) is 14.7 Å². The number of hydrogen-bond acceptors (Lipinski definition) is 3. The van der Waals surface area contributed by atoms with Crippen LogP contribution >= 0.6 is 22.6 Å². The van der Waals surface area contributed by atoms with Crippen LogP contribution in [-0.4, -0.2) is 16.7 Å². The average molecular weight is 428 g/mol. The molecule has 0 heterocycles. The third-order valence-corrected chi connectivity index (χ3v) is 4.58. The molecule has 24 heavy (non-hydrogen) atoms. The van der Waals surface area contributed by atoms with Gasteiger partial charge in [0.2, 0.25) is 0 Å². The molecule has 0 fully saturated rings. The molecule has 1 N–H and O–H groups in total. The zero-order chi connectivity index (χ0) is 17.1. The zero-order valence-electron chi connectivity index (χ0n) is 12.6. The molecule has 0 bridgehead atoms. The van der Waals surface area contributed by atoms with Crippen LogP contribution in [0.15, 0.2) is 72.8 Å². The lowest BCUT2D eigenvalue weighted by molar-refractivity contribution is 0.102. The van der Waals surface area contributed by atoms with E-state index in [4.69, 9.17) is 0 Å². The van der Waals surface area contributed by atoms with Crippen molar-refractivity contribution in [3.63, 3.8) is 0 Å². The maximum absolute atomic E-state index is 12.6. The van der Waals surface area contributed by atoms with Crippen molar-refractivity contribution in [3.05, 3.63) is 98.6 Å². The SMILES string of the molecule is O=C(c1ccccc1)c1ccc(C(=O)c2cc(O)ccc2I)cc1. The van der Waals surface area contributed by atoms with Gasteiger partial charge in [-0.25, -0.2) is 0 Å². The van der Waals surface area contributed by atoms with Crippen LogP contribution in [0.25, 0.3) is 0 Å². The number of benzene rings is 3. The van der Waals surface area contributed by atoms with Crippen molar-refractivity contribution in [2.24, 2.45) is 0 Å². The van der Waals surface area contributed by atoms with E-state index in [2.05, 4.69) is 22.6 Å². The summed E-state index contributed by atoms with van der Waals surface area (Å²) in [5.74, 6) is -0.217. The first-order valence-electron chi connectivity index (χ1n) is 7.29. The maximum Gasteiger partial charge on any atom is 0.194 e. The molecule has 0 aliphatic carbocycles. The summed E-state index contributed by atoms with van der Waals surface area (Å²) >= 11 is 2.06. The summed E-state index contributed by atoms with van der Waals surface area (Å²) in [5.41, 5.74) is 2.06. The van der Waals surface area contributed by atoms with E-state index < -0.39 is 0 Å². The highest BCUT2D eigenvalue weighted by Gasteiger charge is 2.15. The summed E-state index contributed by atoms with van der Waals surface area (Å²) < 4.78 is 0.764. The predicted octanol–water partition coefficient (Wildman–Crippen LogP) is 4.46. The lowest BCUT2D eigenvalue weighted by atomic mass is 9.98. The molecule has 0 saturated heterocycles. The van der Waals surface area contributed by atoms with Crippen molar-refractivity contribution in [1.82, 2.24) is 0 Å². The van der Waals surface area contributed by atoms with E-state index in [0.29, 0.717) is 22.3 Å². The topological polar surface area (TPSA) is 54.4 Å². The van der Waals surface area contributed by atoms with Gasteiger partial charge >= 0.3 is 0 Å². The fourth-order valence-electron chi connectivity index (χ4n) is 2.37. The van der Waals surface area contributed by atoms with Gasteiger partial charge in [0, 0.05) is 25.8 Å². The van der Waals surface area contributed by atoms with Gasteiger partial charge in [-0.1, -0.05) is 54.6 Å². The van der Waals surface area contributed by atoms with Crippen molar-refractivity contribution in [2.75, 3.05) is 0 Å². The number of ketones is 2. The van der Waals surface area contributed by atoms with Crippen LogP contribution in [0, 0.1) is 3.57 Å². The average Bonchev–Trinajstić information content (AvgIpc) is 2.63. The van der Waals surface area contributed by atoms with Crippen LogP contribution in [0.4, 0.5) is 0 Å². The Balaban J connectivity index is 1.88. The van der Waals surface area contributed by atoms with Crippen LogP contribution < -0.4 is 0 Å². The van der Waals surface area contributed by atoms with Crippen molar-refractivity contribution in [3.8, 4) is 5.75 Å². The molecule has 0 radical (unpaired) electrons. The summed E-state index contributed by atoms with van der Waals surface area (Å²) in [6.07, 6.45) is 0. The number of halogens is 1. The third-order valence-electron chi connectivity index (χ3n) is 3.64. The second-order valence-electron chi connectivity index (χ2n) is 5.27. The molecule has 0 spiro atoms. The van der Waals surface area contributed by atoms with Crippen molar-refractivity contribution >= 4 is 34.2 Å². The fraction of sp³-hybridized carbons (Fsp3) is 0. The largest absolute Gasteiger partial charge is 0.508 e. The van der Waals surface area contributed by atoms with Crippen molar-refractivity contribution in [1.29, 1.82) is 0 Å². The molecule has 3 aromatic carbocycles. The molecule has 0 atom stereocenters. The lowest BCUT2D eigenvalue weighted by Gasteiger charge is -2.06. The molecular formula is C20H13IO3. The number of hydrogen-bond donors (Lipinski definition) is 1. The number of carbonyl (C=O) groups is 2. The van der Waals surface area contributed by atoms with Crippen LogP contribution in [0.5, 0.6) is 5.75 Å². The minimum Gasteiger partial charge on any atom is -0.508 e. The van der Waals surface area contributed by atoms with E-state index in [1.807, 2.05) is 18.2 Å². The van der Waals surface area contributed by atoms with Crippen LogP contribution in [0.2, 0.25) is 0 Å². The second kappa shape index (κ2) is 6.97. The smallest absolute Gasteiger partial charge is 0.194 e. The summed E-state index contributed by atoms with van der Waals surface area (Å²) in [4.78, 5) is 24.9. The van der Waals surface area contributed by atoms with Gasteiger partial charge in [0.15, 0.2) is 11.6 Å². The molecule has 3 nitrogen and oxygen atoms in total. The highest BCUT2D eigenvalue weighted by atomic mass is 127. The van der Waals surface area contributed by atoms with E-state index in [1.165, 1.54) is 6.07 Å². The monoisotopic (exact) mass is 428 g/mol. The number of phenols is 1. The normalized spacial score (nSPS) is 10.4. The lowest BCUT2D eigenvalue weighted by Crippen LogP contribution is -2.05. The molecule has 0 unspecified atom stereocenters. The minimum atomic E-state index is -0.186. The first-order chi connectivity index (χ1) is 11.6. The van der Waals surface area contributed by atoms with E-state index in [-0.39, 0.29) is 17.3 Å². The van der Waals surface area contributed by atoms with Crippen molar-refractivity contribution in [2.45, 2.75) is 0 Å². The highest BCUT2D eigenvalue weighted by Crippen LogP contribution is 2.22. The molecule has 0 aliphatic heterocycles. The molecule has 0 saturated carbocycles. The number of rotatable bonds is 4. The summed E-state index contributed by atoms with van der Waals surface area (Å²) in [6.45, 7) is 0. The molecule has 0 aliphatic rings. The van der Waals surface area contributed by atoms with E-state index in [0.717, 1.165) is 3.57 Å². The summed E-state index contributed by atoms with van der Waals surface area (Å²) in [7, 11) is 0. The Morgan fingerprint density at radius 1 is 0.708 bits per heavy atom. The Hall–Kier alpha value is -2.47. The Labute approximate surface area is 153 Å². The minimum absolute atomic E-state index is 0.0506. The van der Waals surface area contributed by atoms with Crippen LogP contribution in [-0.2, 0) is 0 Å². The Kier molecular flexibility index (Phi) is 4.76. The molecule has 3 aromatic rings. The predicted molar refractivity (Wildman–Crippen MR) is 101 cm³/mol. The fourth-order valence-corrected chi connectivity index (χ4v) is 2.95. The molecule has 0 amide bonds. The van der Waals surface area contributed by atoms with Gasteiger partial charge in [0.25, 0.3) is 0 Å². The number of aromatic hydroxyl groups is 1. The van der Waals surface area contributed by atoms with Gasteiger partial charge < -0.3 is 5.11 Å². The Morgan fingerprint density at radius 3 is 1.88 bits per heavy atom. The molecule has 3 rings (SSSR count). The zero-order valence-corrected chi connectivity index (χ0v) is 14.7. The third kappa shape index (κ3) is 3.38. The molecular weight excluding hydrogens is 415 g/mol. The number of carbonyl (C=O) groups excluding carboxylic acids is 2. The van der Waals surface area contributed by atoms with E-state index >= 15 is 0 Å². The maximum atomic E-state index is 12.6. The first kappa shape index (κ1) is 16.4.